The lowest BCUT2D eigenvalue weighted by Crippen LogP contribution is -2.49. The van der Waals surface area contributed by atoms with Crippen molar-refractivity contribution in [2.45, 2.75) is 32.2 Å². The Morgan fingerprint density at radius 2 is 1.95 bits per heavy atom. The van der Waals surface area contributed by atoms with E-state index in [0.29, 0.717) is 19.0 Å². The van der Waals surface area contributed by atoms with E-state index in [-0.39, 0.29) is 11.9 Å². The molecule has 1 heterocycles. The summed E-state index contributed by atoms with van der Waals surface area (Å²) in [6.07, 6.45) is 0.914. The number of carbonyl (C=O) groups excluding carboxylic acids is 1. The molecule has 2 amide bonds. The molecule has 0 bridgehead atoms. The molecule has 1 fully saturated rings. The minimum atomic E-state index is -0.989. The van der Waals surface area contributed by atoms with Crippen LogP contribution in [0.2, 0.25) is 0 Å². The second-order valence-electron chi connectivity index (χ2n) is 5.85. The van der Waals surface area contributed by atoms with Gasteiger partial charge in [-0.1, -0.05) is 44.2 Å². The predicted octanol–water partition coefficient (Wildman–Crippen LogP) is 2.29. The number of carboxylic acid groups (broad SMARTS) is 1. The summed E-state index contributed by atoms with van der Waals surface area (Å²) in [5.41, 5.74) is 1.23. The van der Waals surface area contributed by atoms with E-state index in [4.69, 9.17) is 5.11 Å². The fourth-order valence-electron chi connectivity index (χ4n) is 2.68. The number of carboxylic acids is 1. The highest BCUT2D eigenvalue weighted by Crippen LogP contribution is 2.26. The van der Waals surface area contributed by atoms with Gasteiger partial charge in [0.2, 0.25) is 0 Å². The zero-order valence-corrected chi connectivity index (χ0v) is 12.5. The molecule has 5 heteroatoms. The number of carbonyl (C=O) groups is 2. The molecule has 2 rings (SSSR count). The number of urea groups is 1. The summed E-state index contributed by atoms with van der Waals surface area (Å²) in [5.74, 6) is -0.796. The van der Waals surface area contributed by atoms with E-state index >= 15 is 0 Å². The van der Waals surface area contributed by atoms with E-state index < -0.39 is 12.0 Å². The van der Waals surface area contributed by atoms with Crippen LogP contribution in [0.5, 0.6) is 0 Å². The lowest BCUT2D eigenvalue weighted by atomic mass is 9.99. The van der Waals surface area contributed by atoms with Crippen LogP contribution in [0.1, 0.15) is 31.7 Å². The van der Waals surface area contributed by atoms with Gasteiger partial charge in [-0.15, -0.1) is 0 Å². The van der Waals surface area contributed by atoms with E-state index in [9.17, 15) is 9.59 Å². The smallest absolute Gasteiger partial charge is 0.326 e. The summed E-state index contributed by atoms with van der Waals surface area (Å²) < 4.78 is 0. The van der Waals surface area contributed by atoms with Gasteiger partial charge >= 0.3 is 12.0 Å². The molecule has 0 spiro atoms. The number of aliphatic carboxylic acids is 1. The second kappa shape index (κ2) is 6.61. The third-order valence-electron chi connectivity index (χ3n) is 3.96. The van der Waals surface area contributed by atoms with Gasteiger partial charge in [0, 0.05) is 19.0 Å². The Bertz CT molecular complexity index is 502. The zero-order chi connectivity index (χ0) is 15.4. The lowest BCUT2D eigenvalue weighted by Gasteiger charge is -2.23. The Kier molecular flexibility index (Phi) is 4.83. The fourth-order valence-corrected chi connectivity index (χ4v) is 2.68. The Balaban J connectivity index is 1.95. The largest absolute Gasteiger partial charge is 0.480 e. The highest BCUT2D eigenvalue weighted by Gasteiger charge is 2.30. The number of hydrogen-bond acceptors (Lipinski definition) is 2. The Morgan fingerprint density at radius 3 is 2.52 bits per heavy atom. The summed E-state index contributed by atoms with van der Waals surface area (Å²) >= 11 is 0. The van der Waals surface area contributed by atoms with Crippen LogP contribution in [-0.2, 0) is 4.79 Å². The number of hydrogen-bond donors (Lipinski definition) is 2. The van der Waals surface area contributed by atoms with Gasteiger partial charge in [0.15, 0.2) is 0 Å². The predicted molar refractivity (Wildman–Crippen MR) is 80.2 cm³/mol. The van der Waals surface area contributed by atoms with Gasteiger partial charge < -0.3 is 15.3 Å². The van der Waals surface area contributed by atoms with E-state index in [2.05, 4.69) is 17.4 Å². The van der Waals surface area contributed by atoms with Gasteiger partial charge in [0.05, 0.1) is 0 Å². The van der Waals surface area contributed by atoms with Gasteiger partial charge in [-0.25, -0.2) is 9.59 Å². The maximum absolute atomic E-state index is 12.2. The molecule has 1 aliphatic rings. The Morgan fingerprint density at radius 1 is 1.29 bits per heavy atom. The minimum absolute atomic E-state index is 0.140. The maximum Gasteiger partial charge on any atom is 0.326 e. The first-order chi connectivity index (χ1) is 9.99. The van der Waals surface area contributed by atoms with Crippen molar-refractivity contribution >= 4 is 12.0 Å². The van der Waals surface area contributed by atoms with Crippen molar-refractivity contribution in [3.8, 4) is 0 Å². The van der Waals surface area contributed by atoms with Crippen molar-refractivity contribution < 1.29 is 14.7 Å². The third-order valence-corrected chi connectivity index (χ3v) is 3.96. The van der Waals surface area contributed by atoms with E-state index in [1.165, 1.54) is 5.56 Å². The molecule has 0 radical (unpaired) electrons. The van der Waals surface area contributed by atoms with Crippen LogP contribution in [0, 0.1) is 5.92 Å². The van der Waals surface area contributed by atoms with Gasteiger partial charge in [0.1, 0.15) is 6.04 Å². The highest BCUT2D eigenvalue weighted by atomic mass is 16.4. The molecule has 21 heavy (non-hydrogen) atoms. The van der Waals surface area contributed by atoms with Crippen molar-refractivity contribution in [3.63, 3.8) is 0 Å². The lowest BCUT2D eigenvalue weighted by molar-refractivity contribution is -0.140. The van der Waals surface area contributed by atoms with Gasteiger partial charge in [-0.05, 0) is 17.9 Å². The monoisotopic (exact) mass is 290 g/mol. The van der Waals surface area contributed by atoms with Crippen molar-refractivity contribution in [1.29, 1.82) is 0 Å². The molecule has 0 saturated carbocycles. The number of rotatable bonds is 4. The molecule has 2 N–H and O–H groups in total. The first kappa shape index (κ1) is 15.4. The van der Waals surface area contributed by atoms with Crippen LogP contribution >= 0.6 is 0 Å². The van der Waals surface area contributed by atoms with Crippen LogP contribution < -0.4 is 5.32 Å². The van der Waals surface area contributed by atoms with E-state index in [1.807, 2.05) is 18.2 Å². The topological polar surface area (TPSA) is 69.6 Å². The zero-order valence-electron chi connectivity index (χ0n) is 12.5. The molecule has 0 aromatic heterocycles. The van der Waals surface area contributed by atoms with Crippen LogP contribution in [0.3, 0.4) is 0 Å². The van der Waals surface area contributed by atoms with Gasteiger partial charge in [-0.2, -0.15) is 0 Å². The first-order valence-electron chi connectivity index (χ1n) is 7.32. The molecule has 5 nitrogen and oxygen atoms in total. The highest BCUT2D eigenvalue weighted by molar-refractivity contribution is 5.83. The SMILES string of the molecule is CC(C)[C@@H](NC(=O)N1CCC(c2ccccc2)C1)C(=O)O. The second-order valence-corrected chi connectivity index (χ2v) is 5.85. The summed E-state index contributed by atoms with van der Waals surface area (Å²) in [7, 11) is 0. The first-order valence-corrected chi connectivity index (χ1v) is 7.32. The third kappa shape index (κ3) is 3.74. The van der Waals surface area contributed by atoms with E-state index in [0.717, 1.165) is 6.42 Å². The number of likely N-dealkylation sites (tertiary alicyclic amines) is 1. The maximum atomic E-state index is 12.2. The Labute approximate surface area is 125 Å². The summed E-state index contributed by atoms with van der Waals surface area (Å²) in [5, 5.41) is 11.7. The molecule has 2 atom stereocenters. The molecule has 1 aliphatic heterocycles. The summed E-state index contributed by atoms with van der Waals surface area (Å²) in [6, 6.07) is 8.99. The average Bonchev–Trinajstić information content (AvgIpc) is 2.94. The van der Waals surface area contributed by atoms with Gasteiger partial charge in [0.25, 0.3) is 0 Å². The van der Waals surface area contributed by atoms with Crippen molar-refractivity contribution in [3.05, 3.63) is 35.9 Å². The average molecular weight is 290 g/mol. The van der Waals surface area contributed by atoms with Crippen LogP contribution in [0.4, 0.5) is 4.79 Å². The molecule has 1 unspecified atom stereocenters. The summed E-state index contributed by atoms with van der Waals surface area (Å²) in [6.45, 7) is 4.88. The molecular formula is C16H22N2O3. The van der Waals surface area contributed by atoms with E-state index in [1.54, 1.807) is 18.7 Å². The van der Waals surface area contributed by atoms with Crippen LogP contribution in [0.15, 0.2) is 30.3 Å². The molecular weight excluding hydrogens is 268 g/mol. The standard InChI is InChI=1S/C16H22N2O3/c1-11(2)14(15(19)20)17-16(21)18-9-8-13(10-18)12-6-4-3-5-7-12/h3-7,11,13-14H,8-10H2,1-2H3,(H,17,21)(H,19,20)/t13?,14-/m1/s1. The summed E-state index contributed by atoms with van der Waals surface area (Å²) in [4.78, 5) is 25.0. The quantitative estimate of drug-likeness (QED) is 0.894. The minimum Gasteiger partial charge on any atom is -0.480 e. The van der Waals surface area contributed by atoms with Crippen molar-refractivity contribution in [1.82, 2.24) is 10.2 Å². The van der Waals surface area contributed by atoms with Crippen molar-refractivity contribution in [2.24, 2.45) is 5.92 Å². The molecule has 0 aliphatic carbocycles. The number of nitrogens with one attached hydrogen (secondary N) is 1. The Hall–Kier alpha value is -2.04. The van der Waals surface area contributed by atoms with Gasteiger partial charge in [-0.3, -0.25) is 0 Å². The number of nitrogens with zero attached hydrogens (tertiary/aromatic N) is 1. The normalized spacial score (nSPS) is 19.6. The van der Waals surface area contributed by atoms with Crippen molar-refractivity contribution in [2.75, 3.05) is 13.1 Å². The molecule has 114 valence electrons. The fraction of sp³-hybridized carbons (Fsp3) is 0.500. The molecule has 1 saturated heterocycles. The molecule has 1 aromatic carbocycles. The molecule has 1 aromatic rings. The number of amides is 2. The number of benzene rings is 1. The van der Waals surface area contributed by atoms with Crippen LogP contribution in [-0.4, -0.2) is 41.1 Å². The van der Waals surface area contributed by atoms with Crippen LogP contribution in [0.25, 0.3) is 0 Å².